The molecule has 1 aliphatic carbocycles. The Labute approximate surface area is 122 Å². The van der Waals surface area contributed by atoms with E-state index in [1.165, 1.54) is 11.3 Å². The van der Waals surface area contributed by atoms with Crippen LogP contribution in [0.3, 0.4) is 0 Å². The Morgan fingerprint density at radius 2 is 1.85 bits per heavy atom. The summed E-state index contributed by atoms with van der Waals surface area (Å²) in [6.45, 7) is 9.71. The van der Waals surface area contributed by atoms with Gasteiger partial charge in [-0.1, -0.05) is 39.5 Å². The monoisotopic (exact) mass is 283 g/mol. The van der Waals surface area contributed by atoms with E-state index in [1.807, 2.05) is 20.8 Å². The van der Waals surface area contributed by atoms with Gasteiger partial charge in [0.1, 0.15) is 5.60 Å². The van der Waals surface area contributed by atoms with Crippen LogP contribution in [0, 0.1) is 5.92 Å². The number of hydrogen-bond donors (Lipinski definition) is 0. The zero-order chi connectivity index (χ0) is 15.4. The van der Waals surface area contributed by atoms with Gasteiger partial charge in [0, 0.05) is 0 Å². The van der Waals surface area contributed by atoms with Gasteiger partial charge < -0.3 is 4.74 Å². The van der Waals surface area contributed by atoms with Crippen LogP contribution < -0.4 is 0 Å². The summed E-state index contributed by atoms with van der Waals surface area (Å²) in [4.78, 5) is 25.3. The number of carbonyl (C=O) groups is 2. The molecule has 2 amide bonds. The number of rotatable bonds is 4. The van der Waals surface area contributed by atoms with Crippen LogP contribution in [0.25, 0.3) is 0 Å². The Hall–Kier alpha value is -1.06. The number of hydrogen-bond acceptors (Lipinski definition) is 3. The lowest BCUT2D eigenvalue weighted by molar-refractivity contribution is -0.127. The van der Waals surface area contributed by atoms with E-state index in [9.17, 15) is 9.59 Å². The van der Waals surface area contributed by atoms with Crippen LogP contribution >= 0.6 is 0 Å². The lowest BCUT2D eigenvalue weighted by atomic mass is 9.71. The lowest BCUT2D eigenvalue weighted by Crippen LogP contribution is -2.57. The molecule has 0 aromatic carbocycles. The molecule has 0 radical (unpaired) electrons. The first-order valence-corrected chi connectivity index (χ1v) is 7.74. The highest BCUT2D eigenvalue weighted by atomic mass is 16.6. The van der Waals surface area contributed by atoms with Crippen LogP contribution in [-0.4, -0.2) is 28.5 Å². The molecule has 1 atom stereocenters. The van der Waals surface area contributed by atoms with Crippen molar-refractivity contribution in [3.63, 3.8) is 0 Å². The van der Waals surface area contributed by atoms with Gasteiger partial charge in [0.25, 0.3) is 0 Å². The summed E-state index contributed by atoms with van der Waals surface area (Å²) in [6.07, 6.45) is 6.21. The maximum Gasteiger partial charge on any atom is 0.417 e. The standard InChI is InChI=1S/C16H29NO3/c1-6-13(2)16(10-8-7-9-11-16)17(12-18)14(19)20-15(3,4)5/h12-13H,6-11H2,1-5H3. The second kappa shape index (κ2) is 6.59. The highest BCUT2D eigenvalue weighted by Gasteiger charge is 2.45. The summed E-state index contributed by atoms with van der Waals surface area (Å²) < 4.78 is 5.42. The van der Waals surface area contributed by atoms with Crippen LogP contribution in [0.4, 0.5) is 4.79 Å². The maximum atomic E-state index is 12.4. The fourth-order valence-electron chi connectivity index (χ4n) is 3.16. The van der Waals surface area contributed by atoms with Gasteiger partial charge in [0.2, 0.25) is 6.41 Å². The van der Waals surface area contributed by atoms with Gasteiger partial charge in [-0.3, -0.25) is 4.79 Å². The molecule has 1 aliphatic rings. The number of nitrogens with zero attached hydrogens (tertiary/aromatic N) is 1. The first-order valence-electron chi connectivity index (χ1n) is 7.74. The summed E-state index contributed by atoms with van der Waals surface area (Å²) >= 11 is 0. The molecule has 0 aromatic heterocycles. The minimum absolute atomic E-state index is 0.292. The van der Waals surface area contributed by atoms with Gasteiger partial charge in [-0.15, -0.1) is 0 Å². The second-order valence-electron chi connectivity index (χ2n) is 6.93. The van der Waals surface area contributed by atoms with E-state index in [4.69, 9.17) is 4.74 Å². The minimum atomic E-state index is -0.580. The van der Waals surface area contributed by atoms with Gasteiger partial charge in [0.05, 0.1) is 5.54 Å². The third kappa shape index (κ3) is 3.74. The molecule has 0 N–H and O–H groups in total. The van der Waals surface area contributed by atoms with Crippen LogP contribution in [0.2, 0.25) is 0 Å². The van der Waals surface area contributed by atoms with E-state index in [1.54, 1.807) is 0 Å². The average molecular weight is 283 g/mol. The van der Waals surface area contributed by atoms with Crippen molar-refractivity contribution in [3.05, 3.63) is 0 Å². The van der Waals surface area contributed by atoms with Gasteiger partial charge in [-0.05, 0) is 39.5 Å². The summed E-state index contributed by atoms with van der Waals surface area (Å²) in [5.41, 5.74) is -0.944. The van der Waals surface area contributed by atoms with Crippen LogP contribution in [0.1, 0.15) is 73.1 Å². The van der Waals surface area contributed by atoms with E-state index >= 15 is 0 Å². The molecule has 4 nitrogen and oxygen atoms in total. The van der Waals surface area contributed by atoms with E-state index in [2.05, 4.69) is 13.8 Å². The Balaban J connectivity index is 3.02. The normalized spacial score (nSPS) is 20.1. The van der Waals surface area contributed by atoms with E-state index in [0.29, 0.717) is 12.3 Å². The minimum Gasteiger partial charge on any atom is -0.443 e. The molecule has 0 aliphatic heterocycles. The molecule has 116 valence electrons. The molecular weight excluding hydrogens is 254 g/mol. The highest BCUT2D eigenvalue weighted by molar-refractivity contribution is 5.82. The molecule has 0 spiro atoms. The average Bonchev–Trinajstić information content (AvgIpc) is 2.37. The zero-order valence-electron chi connectivity index (χ0n) is 13.6. The molecule has 1 rings (SSSR count). The number of carbonyl (C=O) groups excluding carboxylic acids is 2. The third-order valence-electron chi connectivity index (χ3n) is 4.42. The molecule has 1 unspecified atom stereocenters. The molecule has 1 fully saturated rings. The SMILES string of the molecule is CCC(C)C1(N(C=O)C(=O)OC(C)(C)C)CCCCC1. The van der Waals surface area contributed by atoms with Crippen molar-refractivity contribution in [2.45, 2.75) is 84.3 Å². The van der Waals surface area contributed by atoms with Gasteiger partial charge in [0.15, 0.2) is 0 Å². The Morgan fingerprint density at radius 3 is 2.25 bits per heavy atom. The quantitative estimate of drug-likeness (QED) is 0.729. The molecule has 0 bridgehead atoms. The van der Waals surface area contributed by atoms with Gasteiger partial charge in [-0.25, -0.2) is 9.69 Å². The van der Waals surface area contributed by atoms with Crippen LogP contribution in [0.15, 0.2) is 0 Å². The van der Waals surface area contributed by atoms with Crippen molar-refractivity contribution < 1.29 is 14.3 Å². The van der Waals surface area contributed by atoms with Gasteiger partial charge >= 0.3 is 6.09 Å². The van der Waals surface area contributed by atoms with Crippen LogP contribution in [0.5, 0.6) is 0 Å². The maximum absolute atomic E-state index is 12.4. The Morgan fingerprint density at radius 1 is 1.30 bits per heavy atom. The number of amides is 2. The molecule has 1 saturated carbocycles. The second-order valence-corrected chi connectivity index (χ2v) is 6.93. The van der Waals surface area contributed by atoms with Crippen molar-refractivity contribution >= 4 is 12.5 Å². The van der Waals surface area contributed by atoms with Crippen LogP contribution in [-0.2, 0) is 9.53 Å². The Kier molecular flexibility index (Phi) is 5.60. The molecule has 0 saturated heterocycles. The largest absolute Gasteiger partial charge is 0.443 e. The summed E-state index contributed by atoms with van der Waals surface area (Å²) in [6, 6.07) is 0. The van der Waals surface area contributed by atoms with Crippen molar-refractivity contribution in [1.82, 2.24) is 4.90 Å². The first-order chi connectivity index (χ1) is 9.27. The first kappa shape index (κ1) is 17.0. The zero-order valence-corrected chi connectivity index (χ0v) is 13.6. The predicted octanol–water partition coefficient (Wildman–Crippen LogP) is 4.13. The van der Waals surface area contributed by atoms with Crippen molar-refractivity contribution in [3.8, 4) is 0 Å². The molecule has 0 heterocycles. The number of ether oxygens (including phenoxy) is 1. The lowest BCUT2D eigenvalue weighted by Gasteiger charge is -2.47. The van der Waals surface area contributed by atoms with E-state index in [0.717, 1.165) is 32.1 Å². The Bertz CT molecular complexity index is 340. The summed E-state index contributed by atoms with van der Waals surface area (Å²) in [7, 11) is 0. The van der Waals surface area contributed by atoms with E-state index < -0.39 is 11.7 Å². The fraction of sp³-hybridized carbons (Fsp3) is 0.875. The molecule has 20 heavy (non-hydrogen) atoms. The van der Waals surface area contributed by atoms with E-state index in [-0.39, 0.29) is 5.54 Å². The van der Waals surface area contributed by atoms with Crippen molar-refractivity contribution in [2.24, 2.45) is 5.92 Å². The van der Waals surface area contributed by atoms with Crippen molar-refractivity contribution in [2.75, 3.05) is 0 Å². The molecule has 4 heteroatoms. The highest BCUT2D eigenvalue weighted by Crippen LogP contribution is 2.41. The molecule has 0 aromatic rings. The predicted molar refractivity (Wildman–Crippen MR) is 79.4 cm³/mol. The molecular formula is C16H29NO3. The third-order valence-corrected chi connectivity index (χ3v) is 4.42. The fourth-order valence-corrected chi connectivity index (χ4v) is 3.16. The summed E-state index contributed by atoms with van der Waals surface area (Å²) in [5.74, 6) is 0.292. The topological polar surface area (TPSA) is 46.6 Å². The number of imide groups is 1. The van der Waals surface area contributed by atoms with Crippen molar-refractivity contribution in [1.29, 1.82) is 0 Å². The van der Waals surface area contributed by atoms with Gasteiger partial charge in [-0.2, -0.15) is 0 Å². The summed E-state index contributed by atoms with van der Waals surface area (Å²) in [5, 5.41) is 0. The smallest absolute Gasteiger partial charge is 0.417 e.